The second-order valence-corrected chi connectivity index (χ2v) is 13.1. The summed E-state index contributed by atoms with van der Waals surface area (Å²) in [5, 5.41) is 8.82. The molecule has 0 spiro atoms. The summed E-state index contributed by atoms with van der Waals surface area (Å²) in [4.78, 5) is 12.7. The van der Waals surface area contributed by atoms with Crippen molar-refractivity contribution in [2.75, 3.05) is 27.2 Å². The van der Waals surface area contributed by atoms with Crippen LogP contribution >= 0.6 is 0 Å². The zero-order valence-corrected chi connectivity index (χ0v) is 18.1. The smallest absolute Gasteiger partial charge is 0.328 e. The molecule has 0 radical (unpaired) electrons. The zero-order chi connectivity index (χ0) is 20.0. The average Bonchev–Trinajstić information content (AvgIpc) is 2.49. The average molecular weight is 380 g/mol. The van der Waals surface area contributed by atoms with E-state index in [4.69, 9.17) is 14.3 Å². The molecule has 0 saturated heterocycles. The highest BCUT2D eigenvalue weighted by molar-refractivity contribution is 6.74. The minimum atomic E-state index is -1.87. The predicted molar refractivity (Wildman–Crippen MR) is 109 cm³/mol. The molecule has 6 heteroatoms. The Hall–Kier alpha value is -1.63. The normalized spacial score (nSPS) is 14.0. The van der Waals surface area contributed by atoms with Gasteiger partial charge in [0.1, 0.15) is 12.4 Å². The van der Waals surface area contributed by atoms with Crippen LogP contribution in [-0.2, 0) is 9.22 Å². The van der Waals surface area contributed by atoms with Crippen molar-refractivity contribution in [2.45, 2.75) is 45.0 Å². The molecule has 0 aromatic heterocycles. The zero-order valence-electron chi connectivity index (χ0n) is 17.1. The SMILES string of the molecule is CN(C)CC(COc1ccc(/C=C/C(=O)O)cc1)O[Si](C)(C)C(C)(C)C. The molecule has 0 amide bonds. The summed E-state index contributed by atoms with van der Waals surface area (Å²) in [5.41, 5.74) is 0.821. The van der Waals surface area contributed by atoms with Gasteiger partial charge in [0, 0.05) is 12.6 Å². The highest BCUT2D eigenvalue weighted by Crippen LogP contribution is 2.37. The minimum absolute atomic E-state index is 0.00234. The Balaban J connectivity index is 2.73. The Kier molecular flexibility index (Phi) is 8.05. The summed E-state index contributed by atoms with van der Waals surface area (Å²) in [6, 6.07) is 7.37. The van der Waals surface area contributed by atoms with Crippen LogP contribution in [0.1, 0.15) is 26.3 Å². The summed E-state index contributed by atoms with van der Waals surface area (Å²) < 4.78 is 12.5. The first kappa shape index (κ1) is 22.4. The Morgan fingerprint density at radius 1 is 1.23 bits per heavy atom. The van der Waals surface area contributed by atoms with E-state index in [0.717, 1.165) is 23.9 Å². The van der Waals surface area contributed by atoms with E-state index in [1.807, 2.05) is 38.4 Å². The molecule has 0 aliphatic heterocycles. The third kappa shape index (κ3) is 7.72. The first-order valence-corrected chi connectivity index (χ1v) is 11.8. The quantitative estimate of drug-likeness (QED) is 0.517. The van der Waals surface area contributed by atoms with Gasteiger partial charge in [-0.3, -0.25) is 0 Å². The van der Waals surface area contributed by atoms with Gasteiger partial charge in [0.2, 0.25) is 0 Å². The van der Waals surface area contributed by atoms with Gasteiger partial charge in [-0.2, -0.15) is 0 Å². The summed E-state index contributed by atoms with van der Waals surface area (Å²) in [6.07, 6.45) is 2.68. The number of nitrogens with zero attached hydrogens (tertiary/aromatic N) is 1. The van der Waals surface area contributed by atoms with Crippen LogP contribution in [0.15, 0.2) is 30.3 Å². The summed E-state index contributed by atoms with van der Waals surface area (Å²) >= 11 is 0. The fourth-order valence-electron chi connectivity index (χ4n) is 2.16. The van der Waals surface area contributed by atoms with E-state index in [1.54, 1.807) is 6.08 Å². The molecule has 0 heterocycles. The number of carboxylic acid groups (broad SMARTS) is 1. The minimum Gasteiger partial charge on any atom is -0.491 e. The molecular weight excluding hydrogens is 346 g/mol. The van der Waals surface area contributed by atoms with E-state index >= 15 is 0 Å². The molecule has 146 valence electrons. The van der Waals surface area contributed by atoms with Crippen LogP contribution in [0.3, 0.4) is 0 Å². The van der Waals surface area contributed by atoms with Crippen LogP contribution in [0.2, 0.25) is 18.1 Å². The highest BCUT2D eigenvalue weighted by atomic mass is 28.4. The predicted octanol–water partition coefficient (Wildman–Crippen LogP) is 4.12. The Labute approximate surface area is 158 Å². The number of aliphatic carboxylic acids is 1. The maximum atomic E-state index is 10.6. The van der Waals surface area contributed by atoms with E-state index in [2.05, 4.69) is 38.8 Å². The van der Waals surface area contributed by atoms with Crippen LogP contribution in [-0.4, -0.2) is 57.6 Å². The lowest BCUT2D eigenvalue weighted by Gasteiger charge is -2.39. The first-order valence-electron chi connectivity index (χ1n) is 8.87. The lowest BCUT2D eigenvalue weighted by molar-refractivity contribution is -0.131. The van der Waals surface area contributed by atoms with Crippen molar-refractivity contribution >= 4 is 20.4 Å². The first-order chi connectivity index (χ1) is 11.9. The standard InChI is InChI=1S/C20H33NO4Si/c1-20(2,3)26(6,7)25-18(14-21(4)5)15-24-17-11-8-16(9-12-17)10-13-19(22)23/h8-13,18H,14-15H2,1-7H3,(H,22,23)/b13-10+. The third-order valence-electron chi connectivity index (χ3n) is 4.57. The number of carboxylic acids is 1. The van der Waals surface area contributed by atoms with Gasteiger partial charge in [-0.05, 0) is 56.0 Å². The molecule has 0 aliphatic carbocycles. The van der Waals surface area contributed by atoms with Crippen molar-refractivity contribution in [1.82, 2.24) is 4.90 Å². The van der Waals surface area contributed by atoms with E-state index in [9.17, 15) is 4.79 Å². The van der Waals surface area contributed by atoms with Crippen LogP contribution in [0.25, 0.3) is 6.08 Å². The number of hydrogen-bond acceptors (Lipinski definition) is 4. The van der Waals surface area contributed by atoms with E-state index in [0.29, 0.717) is 6.61 Å². The number of ether oxygens (including phenoxy) is 1. The monoisotopic (exact) mass is 379 g/mol. The van der Waals surface area contributed by atoms with Gasteiger partial charge in [-0.1, -0.05) is 32.9 Å². The number of benzene rings is 1. The second-order valence-electron chi connectivity index (χ2n) is 8.31. The van der Waals surface area contributed by atoms with Gasteiger partial charge in [-0.15, -0.1) is 0 Å². The Morgan fingerprint density at radius 3 is 2.27 bits per heavy atom. The van der Waals surface area contributed by atoms with Gasteiger partial charge < -0.3 is 19.2 Å². The molecule has 0 saturated carbocycles. The number of carbonyl (C=O) groups is 1. The fraction of sp³-hybridized carbons (Fsp3) is 0.550. The molecule has 0 bridgehead atoms. The van der Waals surface area contributed by atoms with Crippen molar-refractivity contribution in [1.29, 1.82) is 0 Å². The van der Waals surface area contributed by atoms with Crippen LogP contribution in [0.4, 0.5) is 0 Å². The molecule has 1 N–H and O–H groups in total. The third-order valence-corrected chi connectivity index (χ3v) is 9.11. The molecule has 26 heavy (non-hydrogen) atoms. The summed E-state index contributed by atoms with van der Waals surface area (Å²) in [6.45, 7) is 12.5. The molecule has 1 aromatic carbocycles. The fourth-order valence-corrected chi connectivity index (χ4v) is 3.49. The Morgan fingerprint density at radius 2 is 1.81 bits per heavy atom. The molecule has 1 aromatic rings. The van der Waals surface area contributed by atoms with Crippen molar-refractivity contribution in [3.63, 3.8) is 0 Å². The largest absolute Gasteiger partial charge is 0.491 e. The molecule has 1 atom stereocenters. The summed E-state index contributed by atoms with van der Waals surface area (Å²) in [5.74, 6) is -0.209. The van der Waals surface area contributed by atoms with E-state index < -0.39 is 14.3 Å². The summed E-state index contributed by atoms with van der Waals surface area (Å²) in [7, 11) is 2.19. The van der Waals surface area contributed by atoms with E-state index in [-0.39, 0.29) is 11.1 Å². The lowest BCUT2D eigenvalue weighted by Crippen LogP contribution is -2.48. The van der Waals surface area contributed by atoms with Gasteiger partial charge in [0.05, 0.1) is 6.10 Å². The van der Waals surface area contributed by atoms with Crippen LogP contribution in [0.5, 0.6) is 5.75 Å². The van der Waals surface area contributed by atoms with Crippen LogP contribution in [0, 0.1) is 0 Å². The van der Waals surface area contributed by atoms with Crippen molar-refractivity contribution in [3.05, 3.63) is 35.9 Å². The van der Waals surface area contributed by atoms with Crippen molar-refractivity contribution in [2.24, 2.45) is 0 Å². The second kappa shape index (κ2) is 9.35. The molecule has 0 aliphatic rings. The molecule has 0 fully saturated rings. The van der Waals surface area contributed by atoms with Crippen molar-refractivity contribution < 1.29 is 19.1 Å². The van der Waals surface area contributed by atoms with Crippen LogP contribution < -0.4 is 4.74 Å². The molecule has 5 nitrogen and oxygen atoms in total. The Bertz CT molecular complexity index is 603. The molecular formula is C20H33NO4Si. The highest BCUT2D eigenvalue weighted by Gasteiger charge is 2.39. The maximum absolute atomic E-state index is 10.6. The van der Waals surface area contributed by atoms with Crippen molar-refractivity contribution in [3.8, 4) is 5.75 Å². The lowest BCUT2D eigenvalue weighted by atomic mass is 10.2. The molecule has 1 unspecified atom stereocenters. The van der Waals surface area contributed by atoms with Gasteiger partial charge in [0.25, 0.3) is 0 Å². The van der Waals surface area contributed by atoms with Gasteiger partial charge >= 0.3 is 5.97 Å². The van der Waals surface area contributed by atoms with Gasteiger partial charge in [0.15, 0.2) is 8.32 Å². The number of rotatable bonds is 9. The molecule has 1 rings (SSSR count). The maximum Gasteiger partial charge on any atom is 0.328 e. The topological polar surface area (TPSA) is 59.0 Å². The van der Waals surface area contributed by atoms with Gasteiger partial charge in [-0.25, -0.2) is 4.79 Å². The van der Waals surface area contributed by atoms with E-state index in [1.165, 1.54) is 0 Å². The number of hydrogen-bond donors (Lipinski definition) is 1. The number of likely N-dealkylation sites (N-methyl/N-ethyl adjacent to an activating group) is 1.